The standard InChI is InChI=1S/C3H7P.Al.2ClH/c1-2-3-4;;;/h2H,1,3-4H2;;2*1H/q;+1;;/p-1. The number of hydrogen-bond acceptors (Lipinski definition) is 0. The van der Waals surface area contributed by atoms with E-state index in [9.17, 15) is 0 Å². The molecule has 0 aromatic carbocycles. The molecule has 1 unspecified atom stereocenters. The second-order valence-electron chi connectivity index (χ2n) is 0.524. The van der Waals surface area contributed by atoms with Crippen molar-refractivity contribution in [2.45, 2.75) is 0 Å². The van der Waals surface area contributed by atoms with E-state index in [2.05, 4.69) is 15.8 Å². The monoisotopic (exact) mass is 172 g/mol. The molecule has 0 spiro atoms. The van der Waals surface area contributed by atoms with Crippen LogP contribution in [0.4, 0.5) is 0 Å². The third kappa shape index (κ3) is 39.0. The summed E-state index contributed by atoms with van der Waals surface area (Å²) in [5, 5.41) is 0. The van der Waals surface area contributed by atoms with E-state index < -0.39 is 0 Å². The Labute approximate surface area is 70.3 Å². The molecule has 0 N–H and O–H groups in total. The van der Waals surface area contributed by atoms with Gasteiger partial charge in [0.05, 0.1) is 0 Å². The SMILES string of the molecule is C=CCP.Cl.[Al+].[Cl-]. The van der Waals surface area contributed by atoms with E-state index in [0.29, 0.717) is 0 Å². The molecule has 1 atom stereocenters. The van der Waals surface area contributed by atoms with Crippen molar-refractivity contribution in [2.24, 2.45) is 0 Å². The molecule has 0 aromatic rings. The first-order valence-corrected chi connectivity index (χ1v) is 2.04. The minimum atomic E-state index is 0. The largest absolute Gasteiger partial charge is 1.00 e. The summed E-state index contributed by atoms with van der Waals surface area (Å²) in [4.78, 5) is 0. The summed E-state index contributed by atoms with van der Waals surface area (Å²) in [7, 11) is 2.54. The van der Waals surface area contributed by atoms with Crippen LogP contribution in [0, 0.1) is 0 Å². The minimum absolute atomic E-state index is 0. The summed E-state index contributed by atoms with van der Waals surface area (Å²) in [6, 6.07) is 0. The van der Waals surface area contributed by atoms with E-state index >= 15 is 0 Å². The minimum Gasteiger partial charge on any atom is -1.00 e. The van der Waals surface area contributed by atoms with Crippen LogP contribution in [0.25, 0.3) is 0 Å². The predicted octanol–water partition coefficient (Wildman–Crippen LogP) is -1.91. The van der Waals surface area contributed by atoms with Gasteiger partial charge < -0.3 is 12.4 Å². The van der Waals surface area contributed by atoms with Gasteiger partial charge in [0, 0.05) is 0 Å². The van der Waals surface area contributed by atoms with Crippen molar-refractivity contribution < 1.29 is 12.4 Å². The first-order valence-electron chi connectivity index (χ1n) is 1.22. The van der Waals surface area contributed by atoms with Crippen LogP contribution in [0.2, 0.25) is 0 Å². The summed E-state index contributed by atoms with van der Waals surface area (Å²) in [6.45, 7) is 3.46. The molecule has 0 heterocycles. The Balaban J connectivity index is -0.0000000150. The first-order chi connectivity index (χ1) is 1.91. The molecule has 0 aliphatic carbocycles. The Hall–Kier alpha value is 1.28. The van der Waals surface area contributed by atoms with Crippen LogP contribution in [-0.4, -0.2) is 23.5 Å². The zero-order valence-electron chi connectivity index (χ0n) is 3.93. The molecule has 0 nitrogen and oxygen atoms in total. The summed E-state index contributed by atoms with van der Waals surface area (Å²) in [6.07, 6.45) is 2.84. The Bertz CT molecular complexity index is 26.9. The topological polar surface area (TPSA) is 0 Å². The molecule has 42 valence electrons. The predicted molar refractivity (Wildman–Crippen MR) is 37.8 cm³/mol. The summed E-state index contributed by atoms with van der Waals surface area (Å²) >= 11 is 0. The van der Waals surface area contributed by atoms with Gasteiger partial charge in [-0.25, -0.2) is 0 Å². The van der Waals surface area contributed by atoms with Crippen molar-refractivity contribution in [2.75, 3.05) is 6.16 Å². The van der Waals surface area contributed by atoms with Gasteiger partial charge in [-0.1, -0.05) is 6.08 Å². The van der Waals surface area contributed by atoms with E-state index in [1.807, 2.05) is 6.08 Å². The Morgan fingerprint density at radius 3 is 1.71 bits per heavy atom. The van der Waals surface area contributed by atoms with E-state index in [0.717, 1.165) is 6.16 Å². The Morgan fingerprint density at radius 1 is 1.57 bits per heavy atom. The molecule has 0 fully saturated rings. The van der Waals surface area contributed by atoms with Gasteiger partial charge in [-0.05, 0) is 6.16 Å². The van der Waals surface area contributed by atoms with E-state index in [-0.39, 0.29) is 42.2 Å². The van der Waals surface area contributed by atoms with Crippen molar-refractivity contribution in [3.63, 3.8) is 0 Å². The number of hydrogen-bond donors (Lipinski definition) is 0. The first kappa shape index (κ1) is 24.0. The maximum Gasteiger partial charge on any atom is 1.00 e. The molecule has 2 radical (unpaired) electrons. The zero-order valence-corrected chi connectivity index (χ0v) is 7.81. The van der Waals surface area contributed by atoms with Crippen LogP contribution in [-0.2, 0) is 0 Å². The van der Waals surface area contributed by atoms with Crippen LogP contribution in [0.5, 0.6) is 0 Å². The third-order valence-electron chi connectivity index (χ3n) is 0.167. The average molecular weight is 173 g/mol. The van der Waals surface area contributed by atoms with Crippen LogP contribution >= 0.6 is 21.6 Å². The van der Waals surface area contributed by atoms with Crippen LogP contribution in [0.1, 0.15) is 0 Å². The van der Waals surface area contributed by atoms with Gasteiger partial charge in [-0.15, -0.1) is 28.2 Å². The van der Waals surface area contributed by atoms with Gasteiger partial charge >= 0.3 is 17.4 Å². The fourth-order valence-corrected chi connectivity index (χ4v) is 0. The number of rotatable bonds is 1. The molecule has 0 rings (SSSR count). The van der Waals surface area contributed by atoms with Crippen molar-refractivity contribution in [3.05, 3.63) is 12.7 Å². The van der Waals surface area contributed by atoms with Crippen LogP contribution in [0.15, 0.2) is 12.7 Å². The van der Waals surface area contributed by atoms with Gasteiger partial charge in [-0.2, -0.15) is 0 Å². The van der Waals surface area contributed by atoms with Crippen LogP contribution in [0.3, 0.4) is 0 Å². The molecule has 7 heavy (non-hydrogen) atoms. The molecule has 0 bridgehead atoms. The Morgan fingerprint density at radius 2 is 1.71 bits per heavy atom. The van der Waals surface area contributed by atoms with Gasteiger partial charge in [0.1, 0.15) is 0 Å². The molecule has 0 saturated heterocycles. The molecule has 0 aliphatic rings. The molecule has 0 aliphatic heterocycles. The zero-order chi connectivity index (χ0) is 3.41. The molecular weight excluding hydrogens is 165 g/mol. The van der Waals surface area contributed by atoms with Crippen molar-refractivity contribution in [1.29, 1.82) is 0 Å². The van der Waals surface area contributed by atoms with Crippen molar-refractivity contribution in [1.82, 2.24) is 0 Å². The smallest absolute Gasteiger partial charge is 1.00 e. The van der Waals surface area contributed by atoms with Crippen molar-refractivity contribution in [3.8, 4) is 0 Å². The second kappa shape index (κ2) is 26.7. The fraction of sp³-hybridized carbons (Fsp3) is 0.333. The summed E-state index contributed by atoms with van der Waals surface area (Å²) < 4.78 is 0. The molecular formula is C3H8AlCl2P. The van der Waals surface area contributed by atoms with Gasteiger partial charge in [0.25, 0.3) is 0 Å². The molecule has 0 amide bonds. The van der Waals surface area contributed by atoms with Gasteiger partial charge in [0.2, 0.25) is 0 Å². The summed E-state index contributed by atoms with van der Waals surface area (Å²) in [5.41, 5.74) is 0. The molecule has 4 heteroatoms. The van der Waals surface area contributed by atoms with E-state index in [1.54, 1.807) is 0 Å². The number of halogens is 2. The number of allylic oxidation sites excluding steroid dienone is 1. The van der Waals surface area contributed by atoms with Crippen LogP contribution < -0.4 is 12.4 Å². The van der Waals surface area contributed by atoms with E-state index in [1.165, 1.54) is 0 Å². The van der Waals surface area contributed by atoms with E-state index in [4.69, 9.17) is 0 Å². The maximum atomic E-state index is 3.46. The fourth-order valence-electron chi connectivity index (χ4n) is 0. The van der Waals surface area contributed by atoms with Gasteiger partial charge in [-0.3, -0.25) is 0 Å². The van der Waals surface area contributed by atoms with Gasteiger partial charge in [0.15, 0.2) is 0 Å². The average Bonchev–Trinajstić information content (AvgIpc) is 1.37. The summed E-state index contributed by atoms with van der Waals surface area (Å²) in [5.74, 6) is 0. The Kier molecular flexibility index (Phi) is 91.3. The molecule has 0 aromatic heterocycles. The van der Waals surface area contributed by atoms with Crippen molar-refractivity contribution >= 4 is 39.0 Å². The second-order valence-corrected chi connectivity index (χ2v) is 0.996. The normalized spacial score (nSPS) is 3.57. The molecule has 0 saturated carbocycles. The third-order valence-corrected chi connectivity index (χ3v) is 0.500. The quantitative estimate of drug-likeness (QED) is 0.246. The maximum absolute atomic E-state index is 3.46.